The van der Waals surface area contributed by atoms with Crippen LogP contribution in [0, 0.1) is 0 Å². The summed E-state index contributed by atoms with van der Waals surface area (Å²) in [6, 6.07) is 0.0646. The second-order valence-electron chi connectivity index (χ2n) is 4.14. The number of hydrogen-bond donors (Lipinski definition) is 1. The second kappa shape index (κ2) is 6.10. The minimum absolute atomic E-state index is 0.0958. The fraction of sp³-hybridized carbons (Fsp3) is 0.500. The summed E-state index contributed by atoms with van der Waals surface area (Å²) in [5.74, 6) is -1.01. The predicted octanol–water partition coefficient (Wildman–Crippen LogP) is 1.44. The van der Waals surface area contributed by atoms with Crippen molar-refractivity contribution in [3.63, 3.8) is 0 Å². The van der Waals surface area contributed by atoms with Crippen LogP contribution in [-0.4, -0.2) is 45.0 Å². The highest BCUT2D eigenvalue weighted by atomic mass is 32.2. The number of hydrogen-bond acceptors (Lipinski definition) is 5. The molecular formula is C10H13F3N2O3S2. The Morgan fingerprint density at radius 3 is 2.55 bits per heavy atom. The molecule has 1 aromatic rings. The van der Waals surface area contributed by atoms with Crippen LogP contribution in [0.3, 0.4) is 0 Å². The van der Waals surface area contributed by atoms with E-state index < -0.39 is 34.7 Å². The average molecular weight is 330 g/mol. The number of amides is 1. The summed E-state index contributed by atoms with van der Waals surface area (Å²) in [6.07, 6.45) is -4.46. The lowest BCUT2D eigenvalue weighted by molar-refractivity contribution is -0.150. The highest BCUT2D eigenvalue weighted by molar-refractivity contribution is 7.90. The lowest BCUT2D eigenvalue weighted by Crippen LogP contribution is -2.47. The molecule has 0 saturated carbocycles. The molecule has 0 aliphatic carbocycles. The van der Waals surface area contributed by atoms with Crippen molar-refractivity contribution in [3.8, 4) is 0 Å². The predicted molar refractivity (Wildman–Crippen MR) is 67.8 cm³/mol. The fourth-order valence-corrected chi connectivity index (χ4v) is 3.38. The van der Waals surface area contributed by atoms with E-state index in [9.17, 15) is 26.4 Å². The highest BCUT2D eigenvalue weighted by Gasteiger charge is 2.33. The maximum Gasteiger partial charge on any atom is 0.401 e. The Kier molecular flexibility index (Phi) is 5.16. The number of rotatable bonds is 5. The molecule has 5 nitrogen and oxygen atoms in total. The van der Waals surface area contributed by atoms with E-state index in [0.29, 0.717) is 0 Å². The topological polar surface area (TPSA) is 66.5 Å². The van der Waals surface area contributed by atoms with Crippen LogP contribution < -0.4 is 4.72 Å². The van der Waals surface area contributed by atoms with Crippen molar-refractivity contribution >= 4 is 27.3 Å². The van der Waals surface area contributed by atoms with E-state index in [1.165, 1.54) is 23.8 Å². The molecule has 0 aliphatic heterocycles. The maximum absolute atomic E-state index is 12.2. The number of thiophene rings is 1. The van der Waals surface area contributed by atoms with Gasteiger partial charge in [-0.05, 0) is 25.4 Å². The molecule has 1 rings (SSSR count). The van der Waals surface area contributed by atoms with E-state index in [2.05, 4.69) is 0 Å². The molecule has 1 N–H and O–H groups in total. The normalized spacial score (nSPS) is 14.3. The van der Waals surface area contributed by atoms with E-state index in [4.69, 9.17) is 0 Å². The van der Waals surface area contributed by atoms with Crippen molar-refractivity contribution < 1.29 is 26.4 Å². The van der Waals surface area contributed by atoms with E-state index in [-0.39, 0.29) is 4.90 Å². The van der Waals surface area contributed by atoms with Crippen LogP contribution in [0.4, 0.5) is 13.2 Å². The van der Waals surface area contributed by atoms with Gasteiger partial charge >= 0.3 is 6.18 Å². The summed E-state index contributed by atoms with van der Waals surface area (Å²) in [5.41, 5.74) is 0. The van der Waals surface area contributed by atoms with Crippen molar-refractivity contribution in [1.82, 2.24) is 9.62 Å². The van der Waals surface area contributed by atoms with Crippen LogP contribution in [0.15, 0.2) is 21.7 Å². The Labute approximate surface area is 118 Å². The summed E-state index contributed by atoms with van der Waals surface area (Å²) >= 11 is 1.13. The van der Waals surface area contributed by atoms with Gasteiger partial charge in [0, 0.05) is 5.38 Å². The van der Waals surface area contributed by atoms with Gasteiger partial charge in [0.2, 0.25) is 0 Å². The van der Waals surface area contributed by atoms with Gasteiger partial charge in [-0.25, -0.2) is 13.1 Å². The first-order valence-electron chi connectivity index (χ1n) is 5.39. The Bertz CT molecular complexity index is 555. The number of alkyl halides is 3. The van der Waals surface area contributed by atoms with Gasteiger partial charge in [-0.3, -0.25) is 9.69 Å². The first-order chi connectivity index (χ1) is 9.03. The average Bonchev–Trinajstić information content (AvgIpc) is 2.78. The Morgan fingerprint density at radius 1 is 1.50 bits per heavy atom. The van der Waals surface area contributed by atoms with Gasteiger partial charge in [-0.1, -0.05) is 0 Å². The Morgan fingerprint density at radius 2 is 2.10 bits per heavy atom. The van der Waals surface area contributed by atoms with Crippen molar-refractivity contribution in [2.45, 2.75) is 24.0 Å². The van der Waals surface area contributed by atoms with Crippen molar-refractivity contribution in [3.05, 3.63) is 16.8 Å². The summed E-state index contributed by atoms with van der Waals surface area (Å²) in [6.45, 7) is -0.107. The van der Waals surface area contributed by atoms with Crippen molar-refractivity contribution in [1.29, 1.82) is 0 Å². The van der Waals surface area contributed by atoms with Gasteiger partial charge in [0.1, 0.15) is 0 Å². The van der Waals surface area contributed by atoms with Crippen molar-refractivity contribution in [2.75, 3.05) is 13.6 Å². The third-order valence-electron chi connectivity index (χ3n) is 2.51. The summed E-state index contributed by atoms with van der Waals surface area (Å²) in [5, 5.41) is 2.83. The third-order valence-corrected chi connectivity index (χ3v) is 4.69. The Balaban J connectivity index is 2.72. The monoisotopic (exact) mass is 330 g/mol. The van der Waals surface area contributed by atoms with Gasteiger partial charge in [-0.15, -0.1) is 0 Å². The van der Waals surface area contributed by atoms with Crippen LogP contribution in [0.1, 0.15) is 6.92 Å². The smallest absolute Gasteiger partial charge is 0.287 e. The first kappa shape index (κ1) is 16.9. The summed E-state index contributed by atoms with van der Waals surface area (Å²) < 4.78 is 61.9. The zero-order valence-corrected chi connectivity index (χ0v) is 12.3. The van der Waals surface area contributed by atoms with Gasteiger partial charge in [0.25, 0.3) is 15.9 Å². The molecule has 0 fully saturated rings. The third kappa shape index (κ3) is 4.76. The number of carbonyl (C=O) groups is 1. The molecule has 10 heteroatoms. The van der Waals surface area contributed by atoms with Crippen LogP contribution in [0.2, 0.25) is 0 Å². The number of nitrogens with one attached hydrogen (secondary N) is 1. The quantitative estimate of drug-likeness (QED) is 0.887. The summed E-state index contributed by atoms with van der Waals surface area (Å²) in [4.78, 5) is 12.3. The minimum Gasteiger partial charge on any atom is -0.287 e. The molecule has 20 heavy (non-hydrogen) atoms. The number of likely N-dealkylation sites (N-methyl/N-ethyl adjacent to an activating group) is 1. The maximum atomic E-state index is 12.2. The molecule has 0 radical (unpaired) electrons. The molecule has 1 amide bonds. The molecular weight excluding hydrogens is 317 g/mol. The zero-order chi connectivity index (χ0) is 15.6. The number of sulfonamides is 1. The second-order valence-corrected chi connectivity index (χ2v) is 6.60. The number of nitrogens with zero attached hydrogens (tertiary/aromatic N) is 1. The largest absolute Gasteiger partial charge is 0.401 e. The molecule has 0 saturated heterocycles. The molecule has 0 aromatic carbocycles. The van der Waals surface area contributed by atoms with E-state index >= 15 is 0 Å². The zero-order valence-electron chi connectivity index (χ0n) is 10.6. The van der Waals surface area contributed by atoms with E-state index in [0.717, 1.165) is 23.3 Å². The van der Waals surface area contributed by atoms with Gasteiger partial charge in [0.05, 0.1) is 17.5 Å². The number of halogens is 3. The molecule has 1 atom stereocenters. The van der Waals surface area contributed by atoms with Crippen molar-refractivity contribution in [2.24, 2.45) is 0 Å². The molecule has 0 unspecified atom stereocenters. The highest BCUT2D eigenvalue weighted by Crippen LogP contribution is 2.17. The van der Waals surface area contributed by atoms with Gasteiger partial charge in [-0.2, -0.15) is 24.5 Å². The molecule has 1 heterocycles. The first-order valence-corrected chi connectivity index (χ1v) is 7.81. The van der Waals surface area contributed by atoms with E-state index in [1.807, 2.05) is 0 Å². The van der Waals surface area contributed by atoms with Crippen LogP contribution in [0.5, 0.6) is 0 Å². The molecule has 0 bridgehead atoms. The number of carbonyl (C=O) groups excluding carboxylic acids is 1. The standard InChI is InChI=1S/C10H13F3N2O3S2/c1-7(15(2)6-10(11,12)13)9(16)14-20(17,18)8-3-4-19-5-8/h3-5,7H,6H2,1-2H3,(H,14,16)/t7-/m1/s1. The lowest BCUT2D eigenvalue weighted by atomic mass is 10.3. The fourth-order valence-electron chi connectivity index (χ4n) is 1.30. The van der Waals surface area contributed by atoms with Crippen LogP contribution >= 0.6 is 11.3 Å². The molecule has 0 spiro atoms. The van der Waals surface area contributed by atoms with Crippen LogP contribution in [0.25, 0.3) is 0 Å². The molecule has 0 aliphatic rings. The van der Waals surface area contributed by atoms with Gasteiger partial charge in [0.15, 0.2) is 0 Å². The minimum atomic E-state index is -4.46. The summed E-state index contributed by atoms with van der Waals surface area (Å²) in [7, 11) is -2.94. The molecule has 1 aromatic heterocycles. The van der Waals surface area contributed by atoms with Gasteiger partial charge < -0.3 is 0 Å². The Hall–Kier alpha value is -1.13. The van der Waals surface area contributed by atoms with E-state index in [1.54, 1.807) is 4.72 Å². The lowest BCUT2D eigenvalue weighted by Gasteiger charge is -2.24. The SMILES string of the molecule is C[C@H](C(=O)NS(=O)(=O)c1ccsc1)N(C)CC(F)(F)F. The molecule has 114 valence electrons. The van der Waals surface area contributed by atoms with Crippen LogP contribution in [-0.2, 0) is 14.8 Å².